The number of hydrogen-bond donors (Lipinski definition) is 1. The summed E-state index contributed by atoms with van der Waals surface area (Å²) in [6.45, 7) is 6.51. The Kier molecular flexibility index (Phi) is 8.36. The molecule has 0 bridgehead atoms. The van der Waals surface area contributed by atoms with Crippen LogP contribution in [0.5, 0.6) is 5.75 Å². The largest absolute Gasteiger partial charge is 0.573 e. The molecule has 8 heteroatoms. The number of unbranched alkanes of at least 4 members (excludes halogenated alkanes) is 1. The number of nitrogens with one attached hydrogen (secondary N) is 1. The number of benzene rings is 1. The predicted molar refractivity (Wildman–Crippen MR) is 130 cm³/mol. The number of anilines is 2. The zero-order chi connectivity index (χ0) is 24.7. The maximum atomic E-state index is 12.5. The summed E-state index contributed by atoms with van der Waals surface area (Å²) >= 11 is 0. The van der Waals surface area contributed by atoms with Gasteiger partial charge in [-0.15, -0.1) is 13.2 Å². The van der Waals surface area contributed by atoms with Gasteiger partial charge in [-0.2, -0.15) is 5.10 Å². The van der Waals surface area contributed by atoms with E-state index in [-0.39, 0.29) is 5.75 Å². The van der Waals surface area contributed by atoms with Crippen LogP contribution >= 0.6 is 0 Å². The fourth-order valence-corrected chi connectivity index (χ4v) is 4.03. The van der Waals surface area contributed by atoms with Crippen LogP contribution in [-0.4, -0.2) is 21.1 Å². The van der Waals surface area contributed by atoms with Gasteiger partial charge in [0.15, 0.2) is 0 Å². The minimum absolute atomic E-state index is 0.268. The van der Waals surface area contributed by atoms with Crippen molar-refractivity contribution < 1.29 is 17.9 Å². The molecule has 0 amide bonds. The zero-order valence-electron chi connectivity index (χ0n) is 20.0. The number of aromatic nitrogens is 3. The van der Waals surface area contributed by atoms with E-state index < -0.39 is 6.36 Å². The summed E-state index contributed by atoms with van der Waals surface area (Å²) < 4.78 is 43.3. The van der Waals surface area contributed by atoms with Gasteiger partial charge in [-0.25, -0.2) is 4.98 Å². The van der Waals surface area contributed by atoms with Crippen LogP contribution in [0.1, 0.15) is 52.0 Å². The molecule has 3 rings (SSSR count). The first-order chi connectivity index (χ1) is 16.3. The molecule has 0 saturated heterocycles. The Morgan fingerprint density at radius 3 is 2.38 bits per heavy atom. The molecule has 182 valence electrons. The average molecular weight is 473 g/mol. The smallest absolute Gasteiger partial charge is 0.406 e. The van der Waals surface area contributed by atoms with E-state index in [4.69, 9.17) is 0 Å². The molecule has 2 aromatic heterocycles. The second-order valence-corrected chi connectivity index (χ2v) is 8.14. The summed E-state index contributed by atoms with van der Waals surface area (Å²) in [5.74, 6) is 0.727. The molecule has 0 saturated carbocycles. The number of alkyl halides is 3. The standard InChI is InChI=1S/C26H31F3N4O/c1-5-8-9-22(18(6-2)7-3)24-23(19-16-31-33(4)17-19)14-15-30-25(24)32-20-10-12-21(13-11-20)34-26(27,28)29/h9-18H,5-8H2,1-4H3,(H,30,32)/b22-9-. The molecule has 0 aliphatic heterocycles. The molecule has 0 unspecified atom stereocenters. The van der Waals surface area contributed by atoms with Crippen molar-refractivity contribution in [2.45, 2.75) is 52.8 Å². The van der Waals surface area contributed by atoms with Crippen LogP contribution in [0.15, 0.2) is 55.0 Å². The van der Waals surface area contributed by atoms with Crippen molar-refractivity contribution in [1.29, 1.82) is 0 Å². The topological polar surface area (TPSA) is 52.0 Å². The lowest BCUT2D eigenvalue weighted by Crippen LogP contribution is -2.17. The summed E-state index contributed by atoms with van der Waals surface area (Å²) in [6, 6.07) is 7.66. The normalized spacial score (nSPS) is 12.3. The summed E-state index contributed by atoms with van der Waals surface area (Å²) in [4.78, 5) is 4.64. The molecular formula is C26H31F3N4O. The lowest BCUT2D eigenvalue weighted by atomic mass is 9.84. The Balaban J connectivity index is 2.10. The first kappa shape index (κ1) is 25.3. The number of rotatable bonds is 10. The van der Waals surface area contributed by atoms with Crippen LogP contribution in [0.3, 0.4) is 0 Å². The number of nitrogens with zero attached hydrogens (tertiary/aromatic N) is 3. The van der Waals surface area contributed by atoms with Gasteiger partial charge in [0.1, 0.15) is 11.6 Å². The number of ether oxygens (including phenoxy) is 1. The van der Waals surface area contributed by atoms with E-state index in [9.17, 15) is 13.2 Å². The Morgan fingerprint density at radius 2 is 1.82 bits per heavy atom. The highest BCUT2D eigenvalue weighted by Crippen LogP contribution is 2.40. The second kappa shape index (κ2) is 11.2. The summed E-state index contributed by atoms with van der Waals surface area (Å²) in [7, 11) is 1.88. The number of hydrogen-bond acceptors (Lipinski definition) is 4. The third kappa shape index (κ3) is 6.40. The SMILES string of the molecule is CCC/C=C(\c1c(-c2cnn(C)c2)ccnc1Nc1ccc(OC(F)(F)F)cc1)C(CC)CC. The summed E-state index contributed by atoms with van der Waals surface area (Å²) in [6.07, 6.45) is 7.03. The Labute approximate surface area is 198 Å². The molecule has 0 atom stereocenters. The van der Waals surface area contributed by atoms with Gasteiger partial charge in [0.25, 0.3) is 0 Å². The molecule has 0 aliphatic carbocycles. The maximum Gasteiger partial charge on any atom is 0.573 e. The fraction of sp³-hybridized carbons (Fsp3) is 0.385. The third-order valence-electron chi connectivity index (χ3n) is 5.68. The lowest BCUT2D eigenvalue weighted by Gasteiger charge is -2.23. The molecule has 0 spiro atoms. The van der Waals surface area contributed by atoms with Crippen molar-refractivity contribution in [3.8, 4) is 16.9 Å². The van der Waals surface area contributed by atoms with Crippen molar-refractivity contribution >= 4 is 17.1 Å². The minimum atomic E-state index is -4.73. The van der Waals surface area contributed by atoms with Gasteiger partial charge >= 0.3 is 6.36 Å². The van der Waals surface area contributed by atoms with Crippen molar-refractivity contribution in [2.75, 3.05) is 5.32 Å². The lowest BCUT2D eigenvalue weighted by molar-refractivity contribution is -0.274. The summed E-state index contributed by atoms with van der Waals surface area (Å²) in [5, 5.41) is 7.67. The van der Waals surface area contributed by atoms with E-state index in [1.54, 1.807) is 23.0 Å². The van der Waals surface area contributed by atoms with Crippen molar-refractivity contribution in [1.82, 2.24) is 14.8 Å². The number of aryl methyl sites for hydroxylation is 1. The van der Waals surface area contributed by atoms with Crippen LogP contribution in [0, 0.1) is 5.92 Å². The zero-order valence-corrected chi connectivity index (χ0v) is 20.0. The molecule has 0 aliphatic rings. The first-order valence-corrected chi connectivity index (χ1v) is 11.6. The van der Waals surface area contributed by atoms with Crippen molar-refractivity contribution in [3.05, 3.63) is 60.6 Å². The molecule has 1 N–H and O–H groups in total. The highest BCUT2D eigenvalue weighted by Gasteiger charge is 2.31. The number of allylic oxidation sites excluding steroid dienone is 2. The Morgan fingerprint density at radius 1 is 1.12 bits per heavy atom. The molecule has 3 aromatic rings. The van der Waals surface area contributed by atoms with E-state index in [2.05, 4.69) is 47.0 Å². The fourth-order valence-electron chi connectivity index (χ4n) is 4.03. The summed E-state index contributed by atoms with van der Waals surface area (Å²) in [5.41, 5.74) is 4.82. The second-order valence-electron chi connectivity index (χ2n) is 8.14. The first-order valence-electron chi connectivity index (χ1n) is 11.6. The van der Waals surface area contributed by atoms with Crippen LogP contribution < -0.4 is 10.1 Å². The van der Waals surface area contributed by atoms with Gasteiger partial charge in [0, 0.05) is 36.3 Å². The number of halogens is 3. The van der Waals surface area contributed by atoms with Gasteiger partial charge in [-0.3, -0.25) is 4.68 Å². The Hall–Kier alpha value is -3.29. The molecule has 34 heavy (non-hydrogen) atoms. The van der Waals surface area contributed by atoms with Gasteiger partial charge in [-0.05, 0) is 66.6 Å². The van der Waals surface area contributed by atoms with Crippen molar-refractivity contribution in [3.63, 3.8) is 0 Å². The monoisotopic (exact) mass is 472 g/mol. The number of pyridine rings is 1. The van der Waals surface area contributed by atoms with E-state index >= 15 is 0 Å². The van der Waals surface area contributed by atoms with Crippen LogP contribution in [0.2, 0.25) is 0 Å². The van der Waals surface area contributed by atoms with Gasteiger partial charge in [0.05, 0.1) is 6.20 Å². The molecule has 1 aromatic carbocycles. The van der Waals surface area contributed by atoms with E-state index in [1.165, 1.54) is 17.7 Å². The molecular weight excluding hydrogens is 441 g/mol. The van der Waals surface area contributed by atoms with Crippen molar-refractivity contribution in [2.24, 2.45) is 13.0 Å². The molecule has 0 fully saturated rings. The Bertz CT molecular complexity index is 1100. The highest BCUT2D eigenvalue weighted by atomic mass is 19.4. The van der Waals surface area contributed by atoms with E-state index in [0.29, 0.717) is 17.4 Å². The molecule has 5 nitrogen and oxygen atoms in total. The average Bonchev–Trinajstić information content (AvgIpc) is 3.23. The van der Waals surface area contributed by atoms with Gasteiger partial charge in [-0.1, -0.05) is 33.3 Å². The minimum Gasteiger partial charge on any atom is -0.406 e. The van der Waals surface area contributed by atoms with Crippen LogP contribution in [0.25, 0.3) is 16.7 Å². The maximum absolute atomic E-state index is 12.5. The van der Waals surface area contributed by atoms with E-state index in [0.717, 1.165) is 42.4 Å². The highest BCUT2D eigenvalue weighted by molar-refractivity contribution is 5.88. The van der Waals surface area contributed by atoms with Gasteiger partial charge < -0.3 is 10.1 Å². The van der Waals surface area contributed by atoms with Crippen LogP contribution in [-0.2, 0) is 7.05 Å². The quantitative estimate of drug-likeness (QED) is 0.328. The third-order valence-corrected chi connectivity index (χ3v) is 5.68. The molecule has 2 heterocycles. The van der Waals surface area contributed by atoms with Gasteiger partial charge in [0.2, 0.25) is 0 Å². The van der Waals surface area contributed by atoms with E-state index in [1.807, 2.05) is 25.5 Å². The van der Waals surface area contributed by atoms with Crippen LogP contribution in [0.4, 0.5) is 24.7 Å². The molecule has 0 radical (unpaired) electrons. The predicted octanol–water partition coefficient (Wildman–Crippen LogP) is 7.74.